The molecule has 1 aliphatic rings. The van der Waals surface area contributed by atoms with Gasteiger partial charge in [0.2, 0.25) is 0 Å². The van der Waals surface area contributed by atoms with Crippen molar-refractivity contribution in [2.75, 3.05) is 13.1 Å². The number of nitrogens with zero attached hydrogens (tertiary/aromatic N) is 1. The third-order valence-electron chi connectivity index (χ3n) is 4.25. The lowest BCUT2D eigenvalue weighted by Gasteiger charge is -2.16. The van der Waals surface area contributed by atoms with Gasteiger partial charge in [0.25, 0.3) is 5.91 Å². The first kappa shape index (κ1) is 17.0. The Labute approximate surface area is 147 Å². The van der Waals surface area contributed by atoms with Gasteiger partial charge in [0.15, 0.2) is 0 Å². The normalized spacial score (nSPS) is 16.8. The first-order chi connectivity index (χ1) is 12.0. The van der Waals surface area contributed by atoms with E-state index in [4.69, 9.17) is 4.74 Å². The van der Waals surface area contributed by atoms with Crippen LogP contribution in [-0.4, -0.2) is 42.1 Å². The third-order valence-corrected chi connectivity index (χ3v) is 4.25. The summed E-state index contributed by atoms with van der Waals surface area (Å²) in [6, 6.07) is 17.5. The van der Waals surface area contributed by atoms with Crippen LogP contribution < -0.4 is 5.32 Å². The number of hydrogen-bond acceptors (Lipinski definition) is 3. The highest BCUT2D eigenvalue weighted by Gasteiger charge is 2.32. The average Bonchev–Trinajstić information content (AvgIpc) is 3.01. The highest BCUT2D eigenvalue weighted by Crippen LogP contribution is 2.20. The molecular weight excluding hydrogens is 316 g/mol. The van der Waals surface area contributed by atoms with Gasteiger partial charge in [0, 0.05) is 11.6 Å². The standard InChI is InChI=1S/C20H22N2O3/c1-14(2)22-13-18(25-20(22)24)12-21-19(23)17-10-6-9-16(11-17)15-7-4-3-5-8-15/h3-11,14,18H,12-13H2,1-2H3,(H,21,23). The van der Waals surface area contributed by atoms with Gasteiger partial charge in [0.05, 0.1) is 13.1 Å². The van der Waals surface area contributed by atoms with Gasteiger partial charge in [-0.25, -0.2) is 4.79 Å². The van der Waals surface area contributed by atoms with Crippen LogP contribution in [-0.2, 0) is 4.74 Å². The largest absolute Gasteiger partial charge is 0.442 e. The van der Waals surface area contributed by atoms with Crippen molar-refractivity contribution < 1.29 is 14.3 Å². The molecule has 1 aliphatic heterocycles. The minimum atomic E-state index is -0.319. The summed E-state index contributed by atoms with van der Waals surface area (Å²) in [6.07, 6.45) is -0.628. The molecule has 3 rings (SSSR count). The quantitative estimate of drug-likeness (QED) is 0.910. The van der Waals surface area contributed by atoms with Gasteiger partial charge >= 0.3 is 6.09 Å². The fourth-order valence-corrected chi connectivity index (χ4v) is 2.85. The van der Waals surface area contributed by atoms with Crippen molar-refractivity contribution in [1.29, 1.82) is 0 Å². The molecule has 0 saturated carbocycles. The molecular formula is C20H22N2O3. The van der Waals surface area contributed by atoms with Crippen molar-refractivity contribution in [1.82, 2.24) is 10.2 Å². The fraction of sp³-hybridized carbons (Fsp3) is 0.300. The molecule has 0 radical (unpaired) electrons. The Hall–Kier alpha value is -2.82. The Kier molecular flexibility index (Phi) is 5.03. The zero-order valence-electron chi connectivity index (χ0n) is 14.4. The highest BCUT2D eigenvalue weighted by molar-refractivity contribution is 5.95. The molecule has 1 saturated heterocycles. The molecule has 130 valence electrons. The lowest BCUT2D eigenvalue weighted by Crippen LogP contribution is -2.36. The van der Waals surface area contributed by atoms with Gasteiger partial charge in [-0.3, -0.25) is 4.79 Å². The number of amides is 2. The minimum Gasteiger partial charge on any atom is -0.442 e. The number of cyclic esters (lactones) is 1. The van der Waals surface area contributed by atoms with E-state index in [1.165, 1.54) is 0 Å². The summed E-state index contributed by atoms with van der Waals surface area (Å²) in [7, 11) is 0. The van der Waals surface area contributed by atoms with E-state index in [1.54, 1.807) is 11.0 Å². The summed E-state index contributed by atoms with van der Waals surface area (Å²) in [5, 5.41) is 2.86. The Morgan fingerprint density at radius 3 is 2.56 bits per heavy atom. The Bertz CT molecular complexity index is 759. The average molecular weight is 338 g/mol. The van der Waals surface area contributed by atoms with Gasteiger partial charge in [-0.2, -0.15) is 0 Å². The molecule has 5 heteroatoms. The van der Waals surface area contributed by atoms with E-state index in [0.29, 0.717) is 18.7 Å². The number of benzene rings is 2. The van der Waals surface area contributed by atoms with Crippen LogP contribution in [0.15, 0.2) is 54.6 Å². The number of hydrogen-bond donors (Lipinski definition) is 1. The van der Waals surface area contributed by atoms with Crippen molar-refractivity contribution >= 4 is 12.0 Å². The summed E-state index contributed by atoms with van der Waals surface area (Å²) in [4.78, 5) is 25.8. The maximum absolute atomic E-state index is 12.4. The molecule has 0 aromatic heterocycles. The van der Waals surface area contributed by atoms with E-state index in [9.17, 15) is 9.59 Å². The highest BCUT2D eigenvalue weighted by atomic mass is 16.6. The number of nitrogens with one attached hydrogen (secondary N) is 1. The van der Waals surface area contributed by atoms with E-state index < -0.39 is 0 Å². The molecule has 5 nitrogen and oxygen atoms in total. The molecule has 0 bridgehead atoms. The number of carbonyl (C=O) groups excluding carboxylic acids is 2. The second-order valence-electron chi connectivity index (χ2n) is 6.41. The molecule has 2 aromatic carbocycles. The molecule has 1 atom stereocenters. The molecule has 0 aliphatic carbocycles. The molecule has 0 spiro atoms. The van der Waals surface area contributed by atoms with E-state index in [2.05, 4.69) is 5.32 Å². The zero-order valence-corrected chi connectivity index (χ0v) is 14.4. The fourth-order valence-electron chi connectivity index (χ4n) is 2.85. The minimum absolute atomic E-state index is 0.0933. The van der Waals surface area contributed by atoms with Gasteiger partial charge in [-0.15, -0.1) is 0 Å². The van der Waals surface area contributed by atoms with Gasteiger partial charge in [-0.05, 0) is 37.1 Å². The van der Waals surface area contributed by atoms with Crippen LogP contribution in [0.25, 0.3) is 11.1 Å². The zero-order chi connectivity index (χ0) is 17.8. The van der Waals surface area contributed by atoms with Crippen molar-refractivity contribution in [2.45, 2.75) is 26.0 Å². The van der Waals surface area contributed by atoms with Crippen LogP contribution >= 0.6 is 0 Å². The van der Waals surface area contributed by atoms with E-state index >= 15 is 0 Å². The summed E-state index contributed by atoms with van der Waals surface area (Å²) in [6.45, 7) is 4.69. The van der Waals surface area contributed by atoms with Crippen molar-refractivity contribution in [3.05, 3.63) is 60.2 Å². The van der Waals surface area contributed by atoms with Crippen LogP contribution in [0.4, 0.5) is 4.79 Å². The molecule has 1 heterocycles. The summed E-state index contributed by atoms with van der Waals surface area (Å²) in [5.41, 5.74) is 2.65. The second kappa shape index (κ2) is 7.38. The van der Waals surface area contributed by atoms with Crippen LogP contribution in [0.5, 0.6) is 0 Å². The van der Waals surface area contributed by atoms with Gasteiger partial charge in [0.1, 0.15) is 6.10 Å². The van der Waals surface area contributed by atoms with Crippen LogP contribution in [0.3, 0.4) is 0 Å². The maximum atomic E-state index is 12.4. The second-order valence-corrected chi connectivity index (χ2v) is 6.41. The van der Waals surface area contributed by atoms with Gasteiger partial charge in [-0.1, -0.05) is 42.5 Å². The van der Waals surface area contributed by atoms with E-state index in [1.807, 2.05) is 62.4 Å². The summed E-state index contributed by atoms with van der Waals surface area (Å²) >= 11 is 0. The van der Waals surface area contributed by atoms with E-state index in [0.717, 1.165) is 11.1 Å². The SMILES string of the molecule is CC(C)N1CC(CNC(=O)c2cccc(-c3ccccc3)c2)OC1=O. The summed E-state index contributed by atoms with van der Waals surface area (Å²) in [5.74, 6) is -0.170. The molecule has 1 N–H and O–H groups in total. The molecule has 1 unspecified atom stereocenters. The van der Waals surface area contributed by atoms with Crippen molar-refractivity contribution in [3.8, 4) is 11.1 Å². The summed E-state index contributed by atoms with van der Waals surface area (Å²) < 4.78 is 5.29. The maximum Gasteiger partial charge on any atom is 0.410 e. The molecule has 1 fully saturated rings. The first-order valence-corrected chi connectivity index (χ1v) is 8.45. The third kappa shape index (κ3) is 3.99. The predicted molar refractivity (Wildman–Crippen MR) is 96.3 cm³/mol. The monoisotopic (exact) mass is 338 g/mol. The number of carbonyl (C=O) groups is 2. The number of rotatable bonds is 5. The molecule has 25 heavy (non-hydrogen) atoms. The molecule has 2 aromatic rings. The number of ether oxygens (including phenoxy) is 1. The van der Waals surface area contributed by atoms with Crippen molar-refractivity contribution in [2.24, 2.45) is 0 Å². The lowest BCUT2D eigenvalue weighted by molar-refractivity contribution is 0.0914. The van der Waals surface area contributed by atoms with Crippen molar-refractivity contribution in [3.63, 3.8) is 0 Å². The predicted octanol–water partition coefficient (Wildman–Crippen LogP) is 3.31. The van der Waals surface area contributed by atoms with Gasteiger partial charge < -0.3 is 15.0 Å². The van der Waals surface area contributed by atoms with E-state index in [-0.39, 0.29) is 24.1 Å². The first-order valence-electron chi connectivity index (χ1n) is 8.45. The Balaban J connectivity index is 1.62. The topological polar surface area (TPSA) is 58.6 Å². The van der Waals surface area contributed by atoms with Crippen LogP contribution in [0.1, 0.15) is 24.2 Å². The Morgan fingerprint density at radius 2 is 1.88 bits per heavy atom. The molecule has 2 amide bonds. The smallest absolute Gasteiger partial charge is 0.410 e. The lowest BCUT2D eigenvalue weighted by atomic mass is 10.0. The van der Waals surface area contributed by atoms with Crippen LogP contribution in [0.2, 0.25) is 0 Å². The van der Waals surface area contributed by atoms with Crippen LogP contribution in [0, 0.1) is 0 Å². The Morgan fingerprint density at radius 1 is 1.16 bits per heavy atom.